The molecular weight excluding hydrogens is 619 g/mol. The lowest BCUT2D eigenvalue weighted by molar-refractivity contribution is -0.137. The third-order valence-electron chi connectivity index (χ3n) is 8.64. The number of carbonyl (C=O) groups excluding carboxylic acids is 1. The quantitative estimate of drug-likeness (QED) is 0.206. The summed E-state index contributed by atoms with van der Waals surface area (Å²) in [5.41, 5.74) is 4.11. The average molecular weight is 652 g/mol. The number of methoxy groups -OCH3 is 1. The number of amides is 1. The molecule has 0 radical (unpaired) electrons. The predicted molar refractivity (Wildman–Crippen MR) is 168 cm³/mol. The Morgan fingerprint density at radius 2 is 1.85 bits per heavy atom. The summed E-state index contributed by atoms with van der Waals surface area (Å²) in [6, 6.07) is 12.6. The minimum Gasteiger partial charge on any atom is -0.496 e. The maximum atomic E-state index is 13.6. The van der Waals surface area contributed by atoms with Crippen LogP contribution in [0.4, 0.5) is 23.8 Å². The van der Waals surface area contributed by atoms with Crippen molar-refractivity contribution in [2.45, 2.75) is 52.1 Å². The fraction of sp³-hybridized carbons (Fsp3) is 0.324. The number of hydrogen-bond acceptors (Lipinski definition) is 7. The van der Waals surface area contributed by atoms with Gasteiger partial charge < -0.3 is 19.5 Å². The molecule has 2 fully saturated rings. The molecule has 8 nitrogen and oxygen atoms in total. The van der Waals surface area contributed by atoms with Crippen molar-refractivity contribution in [2.24, 2.45) is 0 Å². The van der Waals surface area contributed by atoms with Crippen molar-refractivity contribution in [3.8, 4) is 28.0 Å². The molecule has 0 unspecified atom stereocenters. The van der Waals surface area contributed by atoms with Gasteiger partial charge in [0.2, 0.25) is 0 Å². The number of nitrogens with zero attached hydrogens (tertiary/aromatic N) is 3. The molecule has 0 saturated carbocycles. The number of hydrogen-bond donors (Lipinski definition) is 1. The number of aryl methyl sites for hydroxylation is 1. The van der Waals surface area contributed by atoms with Crippen LogP contribution >= 0.6 is 11.3 Å². The molecule has 1 N–H and O–H groups in total. The summed E-state index contributed by atoms with van der Waals surface area (Å²) < 4.78 is 52.2. The van der Waals surface area contributed by atoms with E-state index >= 15 is 0 Å². The van der Waals surface area contributed by atoms with Crippen molar-refractivity contribution >= 4 is 29.2 Å². The van der Waals surface area contributed by atoms with Gasteiger partial charge in [0, 0.05) is 24.2 Å². The van der Waals surface area contributed by atoms with Gasteiger partial charge in [-0.25, -0.2) is 14.6 Å². The van der Waals surface area contributed by atoms with Crippen molar-refractivity contribution < 1.29 is 37.3 Å². The Kier molecular flexibility index (Phi) is 8.18. The van der Waals surface area contributed by atoms with E-state index in [-0.39, 0.29) is 17.0 Å². The zero-order valence-electron chi connectivity index (χ0n) is 25.6. The van der Waals surface area contributed by atoms with Gasteiger partial charge >= 0.3 is 18.2 Å². The van der Waals surface area contributed by atoms with E-state index in [0.717, 1.165) is 59.9 Å². The molecule has 6 rings (SSSR count). The maximum absolute atomic E-state index is 13.6. The Bertz CT molecular complexity index is 1840. The number of carboxylic acids is 1. The van der Waals surface area contributed by atoms with Crippen LogP contribution in [0, 0.1) is 13.8 Å². The molecule has 46 heavy (non-hydrogen) atoms. The van der Waals surface area contributed by atoms with Gasteiger partial charge in [-0.05, 0) is 91.2 Å². The van der Waals surface area contributed by atoms with Gasteiger partial charge in [-0.3, -0.25) is 4.90 Å². The van der Waals surface area contributed by atoms with Crippen molar-refractivity contribution in [3.05, 3.63) is 86.7 Å². The molecule has 1 amide bonds. The number of carbonyl (C=O) groups is 2. The minimum absolute atomic E-state index is 0.0412. The van der Waals surface area contributed by atoms with E-state index in [2.05, 4.69) is 4.90 Å². The van der Waals surface area contributed by atoms with Gasteiger partial charge in [-0.15, -0.1) is 11.3 Å². The molecule has 2 aromatic carbocycles. The highest BCUT2D eigenvalue weighted by Gasteiger charge is 2.41. The second kappa shape index (κ2) is 12.0. The van der Waals surface area contributed by atoms with E-state index in [1.807, 2.05) is 35.7 Å². The molecule has 4 aromatic rings. The second-order valence-corrected chi connectivity index (χ2v) is 12.5. The number of thiophene rings is 1. The van der Waals surface area contributed by atoms with Crippen LogP contribution < -0.4 is 9.64 Å². The maximum Gasteiger partial charge on any atom is 0.416 e. The number of halogens is 3. The topological polar surface area (TPSA) is 92.2 Å². The monoisotopic (exact) mass is 651 g/mol. The molecule has 2 aliphatic rings. The zero-order chi connectivity index (χ0) is 32.9. The second-order valence-electron chi connectivity index (χ2n) is 11.6. The zero-order valence-corrected chi connectivity index (χ0v) is 26.5. The van der Waals surface area contributed by atoms with E-state index < -0.39 is 35.9 Å². The van der Waals surface area contributed by atoms with Crippen LogP contribution in [-0.2, 0) is 17.5 Å². The van der Waals surface area contributed by atoms with Crippen LogP contribution in [-0.4, -0.2) is 53.3 Å². The number of rotatable bonds is 8. The first-order valence-electron chi connectivity index (χ1n) is 14.8. The lowest BCUT2D eigenvalue weighted by atomic mass is 9.95. The Morgan fingerprint density at radius 3 is 2.48 bits per heavy atom. The summed E-state index contributed by atoms with van der Waals surface area (Å²) in [7, 11) is 1.56. The molecule has 2 saturated heterocycles. The highest BCUT2D eigenvalue weighted by atomic mass is 32.1. The van der Waals surface area contributed by atoms with E-state index in [1.165, 1.54) is 4.90 Å². The summed E-state index contributed by atoms with van der Waals surface area (Å²) in [5.74, 6) is 0.329. The van der Waals surface area contributed by atoms with Crippen LogP contribution in [0.1, 0.15) is 57.1 Å². The van der Waals surface area contributed by atoms with Gasteiger partial charge in [0.05, 0.1) is 31.0 Å². The lowest BCUT2D eigenvalue weighted by Crippen LogP contribution is -2.38. The number of alkyl halides is 3. The third kappa shape index (κ3) is 5.77. The van der Waals surface area contributed by atoms with Gasteiger partial charge in [0.15, 0.2) is 0 Å². The van der Waals surface area contributed by atoms with Gasteiger partial charge in [-0.1, -0.05) is 17.7 Å². The van der Waals surface area contributed by atoms with Crippen LogP contribution in [0.15, 0.2) is 53.9 Å². The molecule has 12 heteroatoms. The Hall–Kier alpha value is -4.58. The summed E-state index contributed by atoms with van der Waals surface area (Å²) in [6.07, 6.45) is -5.04. The number of anilines is 1. The van der Waals surface area contributed by atoms with E-state index in [4.69, 9.17) is 14.5 Å². The molecule has 2 atom stereocenters. The number of cyclic esters (lactones) is 1. The van der Waals surface area contributed by atoms with Crippen LogP contribution in [0.3, 0.4) is 0 Å². The molecule has 0 spiro atoms. The van der Waals surface area contributed by atoms with E-state index in [0.29, 0.717) is 33.7 Å². The third-order valence-corrected chi connectivity index (χ3v) is 9.71. The van der Waals surface area contributed by atoms with Crippen molar-refractivity contribution in [2.75, 3.05) is 25.1 Å². The molecule has 0 aliphatic carbocycles. The highest BCUT2D eigenvalue weighted by molar-refractivity contribution is 7.12. The molecule has 240 valence electrons. The van der Waals surface area contributed by atoms with Crippen LogP contribution in [0.2, 0.25) is 0 Å². The highest BCUT2D eigenvalue weighted by Crippen LogP contribution is 2.42. The van der Waals surface area contributed by atoms with Crippen molar-refractivity contribution in [1.29, 1.82) is 0 Å². The fourth-order valence-electron chi connectivity index (χ4n) is 6.04. The number of benzene rings is 2. The van der Waals surface area contributed by atoms with Crippen LogP contribution in [0.5, 0.6) is 5.75 Å². The molecule has 2 aromatic heterocycles. The molecule has 0 bridgehead atoms. The smallest absolute Gasteiger partial charge is 0.416 e. The average Bonchev–Trinajstić information content (AvgIpc) is 3.50. The molecule has 4 heterocycles. The van der Waals surface area contributed by atoms with Crippen LogP contribution in [0.25, 0.3) is 22.3 Å². The fourth-order valence-corrected chi connectivity index (χ4v) is 6.97. The van der Waals surface area contributed by atoms with Gasteiger partial charge in [-0.2, -0.15) is 13.2 Å². The number of pyridine rings is 1. The SMILES string of the molecule is COc1ccc(-c2csc(C(=O)O)c2C)cc1-c1ccc(N2CCC2)nc1CN1C(=O)O[C@H](c2cc(C)cc(C(F)(F)F)c2)[C@@H]1C. The molecule has 2 aliphatic heterocycles. The van der Waals surface area contributed by atoms with Gasteiger partial charge in [0.1, 0.15) is 22.5 Å². The first kappa shape index (κ1) is 31.4. The van der Waals surface area contributed by atoms with E-state index in [1.54, 1.807) is 33.9 Å². The molecular formula is C34H32F3N3O5S. The van der Waals surface area contributed by atoms with Crippen molar-refractivity contribution in [1.82, 2.24) is 9.88 Å². The first-order valence-corrected chi connectivity index (χ1v) is 15.6. The summed E-state index contributed by atoms with van der Waals surface area (Å²) in [5, 5.41) is 11.4. The van der Waals surface area contributed by atoms with Gasteiger partial charge in [0.25, 0.3) is 0 Å². The number of aromatic carboxylic acids is 1. The first-order chi connectivity index (χ1) is 21.8. The summed E-state index contributed by atoms with van der Waals surface area (Å²) >= 11 is 1.16. The lowest BCUT2D eigenvalue weighted by Gasteiger charge is -2.33. The summed E-state index contributed by atoms with van der Waals surface area (Å²) in [6.45, 7) is 6.86. The standard InChI is InChI=1S/C34H32F3N3O5S/c1-18-12-22(14-23(13-18)34(35,36)37)30-20(3)40(33(43)45-30)16-27-24(7-9-29(38-27)39-10-5-11-39)25-15-21(6-8-28(25)44-4)26-17-46-31(19(26)2)32(41)42/h6-9,12-15,17,20,30H,5,10-11,16H2,1-4H3,(H,41,42)/t20-,30-/m0/s1. The normalized spacial score (nSPS) is 18.0. The van der Waals surface area contributed by atoms with Crippen molar-refractivity contribution in [3.63, 3.8) is 0 Å². The Balaban J connectivity index is 1.40. The predicted octanol–water partition coefficient (Wildman–Crippen LogP) is 8.11. The largest absolute Gasteiger partial charge is 0.496 e. The number of carboxylic acid groups (broad SMARTS) is 1. The number of aromatic nitrogens is 1. The Morgan fingerprint density at radius 1 is 1.09 bits per heavy atom. The minimum atomic E-state index is -4.53. The number of ether oxygens (including phenoxy) is 2. The summed E-state index contributed by atoms with van der Waals surface area (Å²) in [4.78, 5) is 33.9. The Labute approximate surface area is 268 Å². The van der Waals surface area contributed by atoms with E-state index in [9.17, 15) is 27.9 Å².